The lowest BCUT2D eigenvalue weighted by Gasteiger charge is -2.30. The molecule has 0 aliphatic carbocycles. The van der Waals surface area contributed by atoms with Gasteiger partial charge in [-0.3, -0.25) is 0 Å². The predicted molar refractivity (Wildman–Crippen MR) is 68.2 cm³/mol. The van der Waals surface area contributed by atoms with E-state index in [1.165, 1.54) is 4.31 Å². The largest absolute Gasteiger partial charge is 0.360 e. The molecule has 1 unspecified atom stereocenters. The van der Waals surface area contributed by atoms with Crippen LogP contribution in [0, 0.1) is 19.8 Å². The van der Waals surface area contributed by atoms with Gasteiger partial charge < -0.3 is 4.52 Å². The Morgan fingerprint density at radius 3 is 2.78 bits per heavy atom. The average molecular weight is 293 g/mol. The summed E-state index contributed by atoms with van der Waals surface area (Å²) in [6, 6.07) is 0. The van der Waals surface area contributed by atoms with Gasteiger partial charge in [0.05, 0.1) is 0 Å². The standard InChI is InChI=1S/C11H17ClN2O3S/c1-8-11(9(2)17-13-8)18(15,16)14-5-3-4-10(6-12)7-14/h10H,3-7H2,1-2H3. The van der Waals surface area contributed by atoms with Gasteiger partial charge >= 0.3 is 0 Å². The number of aromatic nitrogens is 1. The third-order valence-corrected chi connectivity index (χ3v) is 5.81. The summed E-state index contributed by atoms with van der Waals surface area (Å²) in [5.41, 5.74) is 0.417. The quantitative estimate of drug-likeness (QED) is 0.799. The van der Waals surface area contributed by atoms with Gasteiger partial charge in [0.1, 0.15) is 10.6 Å². The topological polar surface area (TPSA) is 63.4 Å². The number of halogens is 1. The van der Waals surface area contributed by atoms with Crippen molar-refractivity contribution in [1.29, 1.82) is 0 Å². The van der Waals surface area contributed by atoms with E-state index in [1.54, 1.807) is 13.8 Å². The molecule has 18 heavy (non-hydrogen) atoms. The van der Waals surface area contributed by atoms with Gasteiger partial charge in [-0.15, -0.1) is 11.6 Å². The van der Waals surface area contributed by atoms with Crippen LogP contribution in [0.4, 0.5) is 0 Å². The molecule has 2 heterocycles. The number of hydrogen-bond acceptors (Lipinski definition) is 4. The number of alkyl halides is 1. The SMILES string of the molecule is Cc1noc(C)c1S(=O)(=O)N1CCCC(CCl)C1. The molecule has 0 amide bonds. The molecular weight excluding hydrogens is 276 g/mol. The first-order valence-corrected chi connectivity index (χ1v) is 7.93. The summed E-state index contributed by atoms with van der Waals surface area (Å²) in [6.45, 7) is 4.29. The smallest absolute Gasteiger partial charge is 0.248 e. The summed E-state index contributed by atoms with van der Waals surface area (Å²) in [5, 5.41) is 3.71. The van der Waals surface area contributed by atoms with E-state index in [0.717, 1.165) is 12.8 Å². The van der Waals surface area contributed by atoms with E-state index in [2.05, 4.69) is 5.16 Å². The van der Waals surface area contributed by atoms with Gasteiger partial charge in [0, 0.05) is 19.0 Å². The van der Waals surface area contributed by atoms with Crippen LogP contribution in [-0.2, 0) is 10.0 Å². The third kappa shape index (κ3) is 2.41. The van der Waals surface area contributed by atoms with Crippen molar-refractivity contribution in [3.05, 3.63) is 11.5 Å². The molecule has 0 spiro atoms. The minimum absolute atomic E-state index is 0.206. The lowest BCUT2D eigenvalue weighted by atomic mass is 10.0. The minimum atomic E-state index is -3.50. The van der Waals surface area contributed by atoms with Gasteiger partial charge in [-0.1, -0.05) is 5.16 Å². The maximum absolute atomic E-state index is 12.5. The number of sulfonamides is 1. The van der Waals surface area contributed by atoms with E-state index in [1.807, 2.05) is 0 Å². The molecule has 1 aliphatic heterocycles. The van der Waals surface area contributed by atoms with E-state index in [9.17, 15) is 8.42 Å². The van der Waals surface area contributed by atoms with E-state index in [-0.39, 0.29) is 10.8 Å². The number of aryl methyl sites for hydroxylation is 2. The summed E-state index contributed by atoms with van der Waals surface area (Å²) in [7, 11) is -3.50. The van der Waals surface area contributed by atoms with Crippen LogP contribution in [0.25, 0.3) is 0 Å². The maximum atomic E-state index is 12.5. The highest BCUT2D eigenvalue weighted by atomic mass is 35.5. The van der Waals surface area contributed by atoms with Crippen molar-refractivity contribution in [2.24, 2.45) is 5.92 Å². The van der Waals surface area contributed by atoms with Gasteiger partial charge in [-0.25, -0.2) is 8.42 Å². The molecule has 0 radical (unpaired) electrons. The van der Waals surface area contributed by atoms with E-state index >= 15 is 0 Å². The lowest BCUT2D eigenvalue weighted by molar-refractivity contribution is 0.283. The number of rotatable bonds is 3. The Morgan fingerprint density at radius 1 is 1.50 bits per heavy atom. The van der Waals surface area contributed by atoms with Crippen LogP contribution in [0.2, 0.25) is 0 Å². The van der Waals surface area contributed by atoms with Crippen molar-refractivity contribution in [2.45, 2.75) is 31.6 Å². The molecule has 0 aromatic carbocycles. The normalized spacial score (nSPS) is 22.3. The third-order valence-electron chi connectivity index (χ3n) is 3.27. The van der Waals surface area contributed by atoms with Crippen LogP contribution in [0.15, 0.2) is 9.42 Å². The second kappa shape index (κ2) is 5.19. The van der Waals surface area contributed by atoms with Crippen molar-refractivity contribution in [2.75, 3.05) is 19.0 Å². The van der Waals surface area contributed by atoms with E-state index in [4.69, 9.17) is 16.1 Å². The second-order valence-electron chi connectivity index (χ2n) is 4.68. The lowest BCUT2D eigenvalue weighted by Crippen LogP contribution is -2.40. The van der Waals surface area contributed by atoms with Crippen LogP contribution in [0.1, 0.15) is 24.3 Å². The zero-order valence-corrected chi connectivity index (χ0v) is 12.1. The Kier molecular flexibility index (Phi) is 3.99. The molecule has 102 valence electrons. The van der Waals surface area contributed by atoms with Crippen LogP contribution >= 0.6 is 11.6 Å². The van der Waals surface area contributed by atoms with Crippen molar-refractivity contribution < 1.29 is 12.9 Å². The molecule has 7 heteroatoms. The van der Waals surface area contributed by atoms with Gasteiger partial charge in [0.25, 0.3) is 0 Å². The molecule has 2 rings (SSSR count). The summed E-state index contributed by atoms with van der Waals surface area (Å²) >= 11 is 5.83. The van der Waals surface area contributed by atoms with Gasteiger partial charge in [0.15, 0.2) is 5.76 Å². The van der Waals surface area contributed by atoms with Crippen molar-refractivity contribution in [3.63, 3.8) is 0 Å². The molecule has 1 atom stereocenters. The van der Waals surface area contributed by atoms with Crippen molar-refractivity contribution >= 4 is 21.6 Å². The highest BCUT2D eigenvalue weighted by Crippen LogP contribution is 2.27. The molecule has 1 saturated heterocycles. The van der Waals surface area contributed by atoms with Crippen LogP contribution < -0.4 is 0 Å². The molecule has 1 fully saturated rings. The fourth-order valence-electron chi connectivity index (χ4n) is 2.34. The fourth-order valence-corrected chi connectivity index (χ4v) is 4.44. The predicted octanol–water partition coefficient (Wildman–Crippen LogP) is 1.93. The van der Waals surface area contributed by atoms with Crippen molar-refractivity contribution in [1.82, 2.24) is 9.46 Å². The fraction of sp³-hybridized carbons (Fsp3) is 0.727. The summed E-state index contributed by atoms with van der Waals surface area (Å²) in [4.78, 5) is 0.206. The Hall–Kier alpha value is -0.590. The van der Waals surface area contributed by atoms with Gasteiger partial charge in [-0.05, 0) is 32.6 Å². The maximum Gasteiger partial charge on any atom is 0.248 e. The van der Waals surface area contributed by atoms with Crippen LogP contribution in [0.3, 0.4) is 0 Å². The first kappa shape index (κ1) is 13.8. The molecule has 0 saturated carbocycles. The Bertz CT molecular complexity index is 507. The van der Waals surface area contributed by atoms with E-state index in [0.29, 0.717) is 30.4 Å². The first-order chi connectivity index (χ1) is 8.46. The van der Waals surface area contributed by atoms with Gasteiger partial charge in [-0.2, -0.15) is 4.31 Å². The second-order valence-corrected chi connectivity index (χ2v) is 6.86. The highest BCUT2D eigenvalue weighted by molar-refractivity contribution is 7.89. The summed E-state index contributed by atoms with van der Waals surface area (Å²) in [6.07, 6.45) is 1.83. The zero-order valence-electron chi connectivity index (χ0n) is 10.5. The average Bonchev–Trinajstić information content (AvgIpc) is 2.69. The van der Waals surface area contributed by atoms with Crippen molar-refractivity contribution in [3.8, 4) is 0 Å². The minimum Gasteiger partial charge on any atom is -0.360 e. The van der Waals surface area contributed by atoms with Crippen LogP contribution in [-0.4, -0.2) is 36.8 Å². The van der Waals surface area contributed by atoms with Crippen LogP contribution in [0.5, 0.6) is 0 Å². The molecule has 0 N–H and O–H groups in total. The number of nitrogens with zero attached hydrogens (tertiary/aromatic N) is 2. The number of hydrogen-bond donors (Lipinski definition) is 0. The Morgan fingerprint density at radius 2 is 2.22 bits per heavy atom. The van der Waals surface area contributed by atoms with E-state index < -0.39 is 10.0 Å². The summed E-state index contributed by atoms with van der Waals surface area (Å²) < 4.78 is 31.5. The molecule has 1 aromatic rings. The summed E-state index contributed by atoms with van der Waals surface area (Å²) in [5.74, 6) is 1.07. The highest BCUT2D eigenvalue weighted by Gasteiger charge is 2.34. The molecule has 0 bridgehead atoms. The molecular formula is C11H17ClN2O3S. The first-order valence-electron chi connectivity index (χ1n) is 5.95. The number of piperidine rings is 1. The molecule has 1 aliphatic rings. The Balaban J connectivity index is 2.31. The zero-order chi connectivity index (χ0) is 13.3. The van der Waals surface area contributed by atoms with Gasteiger partial charge in [0.2, 0.25) is 10.0 Å². The molecule has 1 aromatic heterocycles. The molecule has 5 nitrogen and oxygen atoms in total. The monoisotopic (exact) mass is 292 g/mol. The Labute approximate surface area is 112 Å².